The Labute approximate surface area is 186 Å². The molecule has 0 aromatic heterocycles. The van der Waals surface area contributed by atoms with Crippen molar-refractivity contribution in [2.45, 2.75) is 25.5 Å². The van der Waals surface area contributed by atoms with Gasteiger partial charge in [-0.3, -0.25) is 14.4 Å². The van der Waals surface area contributed by atoms with Gasteiger partial charge in [-0.25, -0.2) is 0 Å². The molecule has 2 unspecified atom stereocenters. The maximum atomic E-state index is 13.1. The lowest BCUT2D eigenvalue weighted by Gasteiger charge is -2.21. The average molecular weight is 436 g/mol. The molecule has 0 heterocycles. The van der Waals surface area contributed by atoms with Gasteiger partial charge in [-0.2, -0.15) is 0 Å². The molecule has 6 heteroatoms. The van der Waals surface area contributed by atoms with Crippen molar-refractivity contribution in [3.8, 4) is 0 Å². The third-order valence-corrected chi connectivity index (χ3v) is 4.92. The molecule has 5 nitrogen and oxygen atoms in total. The molecule has 158 valence electrons. The van der Waals surface area contributed by atoms with Crippen molar-refractivity contribution in [1.82, 2.24) is 5.32 Å². The molecule has 0 aliphatic heterocycles. The number of halogens is 1. The number of nitrogens with one attached hydrogen (secondary N) is 1. The van der Waals surface area contributed by atoms with Gasteiger partial charge in [0.2, 0.25) is 11.7 Å². The fraction of sp³-hybridized carbons (Fsp3) is 0.160. The van der Waals surface area contributed by atoms with E-state index in [1.165, 1.54) is 6.92 Å². The SMILES string of the molecule is CC(=O)NC(CC(=O)OC(C(=O)c1ccccc1)c1ccccc1)c1ccc(Cl)cc1. The van der Waals surface area contributed by atoms with Crippen molar-refractivity contribution < 1.29 is 19.1 Å². The van der Waals surface area contributed by atoms with Crippen LogP contribution in [0, 0.1) is 0 Å². The van der Waals surface area contributed by atoms with Crippen LogP contribution in [0.15, 0.2) is 84.9 Å². The first kappa shape index (κ1) is 22.2. The van der Waals surface area contributed by atoms with Gasteiger partial charge in [-0.15, -0.1) is 0 Å². The lowest BCUT2D eigenvalue weighted by atomic mass is 9.99. The zero-order valence-corrected chi connectivity index (χ0v) is 17.7. The Hall–Kier alpha value is -3.44. The van der Waals surface area contributed by atoms with Gasteiger partial charge in [-0.05, 0) is 17.7 Å². The zero-order valence-electron chi connectivity index (χ0n) is 17.0. The van der Waals surface area contributed by atoms with E-state index in [0.717, 1.165) is 0 Å². The number of esters is 1. The summed E-state index contributed by atoms with van der Waals surface area (Å²) in [7, 11) is 0. The smallest absolute Gasteiger partial charge is 0.309 e. The normalized spacial score (nSPS) is 12.5. The first-order valence-electron chi connectivity index (χ1n) is 9.80. The Balaban J connectivity index is 1.82. The lowest BCUT2D eigenvalue weighted by Crippen LogP contribution is -2.29. The van der Waals surface area contributed by atoms with E-state index < -0.39 is 18.1 Å². The van der Waals surface area contributed by atoms with Crippen molar-refractivity contribution in [1.29, 1.82) is 0 Å². The summed E-state index contributed by atoms with van der Waals surface area (Å²) in [5, 5.41) is 3.30. The minimum Gasteiger partial charge on any atom is -0.449 e. The summed E-state index contributed by atoms with van der Waals surface area (Å²) in [5.74, 6) is -1.21. The van der Waals surface area contributed by atoms with Crippen molar-refractivity contribution >= 4 is 29.3 Å². The second-order valence-corrected chi connectivity index (χ2v) is 7.46. The molecular formula is C25H22ClNO4. The Morgan fingerprint density at radius 2 is 1.42 bits per heavy atom. The number of ether oxygens (including phenoxy) is 1. The number of hydrogen-bond acceptors (Lipinski definition) is 4. The molecule has 1 N–H and O–H groups in total. The maximum absolute atomic E-state index is 13.1. The highest BCUT2D eigenvalue weighted by molar-refractivity contribution is 6.30. The topological polar surface area (TPSA) is 72.5 Å². The number of hydrogen-bond donors (Lipinski definition) is 1. The van der Waals surface area contributed by atoms with Crippen LogP contribution in [0.3, 0.4) is 0 Å². The quantitative estimate of drug-likeness (QED) is 0.396. The number of carbonyl (C=O) groups excluding carboxylic acids is 3. The molecule has 0 radical (unpaired) electrons. The summed E-state index contributed by atoms with van der Waals surface area (Å²) in [6.45, 7) is 1.37. The van der Waals surface area contributed by atoms with Crippen LogP contribution in [0.5, 0.6) is 0 Å². The molecule has 0 fully saturated rings. The highest BCUT2D eigenvalue weighted by Gasteiger charge is 2.28. The van der Waals surface area contributed by atoms with E-state index in [-0.39, 0.29) is 18.1 Å². The first-order valence-corrected chi connectivity index (χ1v) is 10.2. The minimum absolute atomic E-state index is 0.132. The van der Waals surface area contributed by atoms with Crippen LogP contribution in [0.4, 0.5) is 0 Å². The molecule has 0 saturated carbocycles. The van der Waals surface area contributed by atoms with Crippen LogP contribution in [0.1, 0.15) is 47.0 Å². The predicted molar refractivity (Wildman–Crippen MR) is 119 cm³/mol. The standard InChI is InChI=1S/C25H22ClNO4/c1-17(28)27-22(18-12-14-21(26)15-13-18)16-23(29)31-25(20-10-6-3-7-11-20)24(30)19-8-4-2-5-9-19/h2-15,22,25H,16H2,1H3,(H,27,28). The van der Waals surface area contributed by atoms with Gasteiger partial charge in [-0.1, -0.05) is 84.4 Å². The molecule has 0 aliphatic rings. The van der Waals surface area contributed by atoms with Crippen molar-refractivity contribution in [2.75, 3.05) is 0 Å². The van der Waals surface area contributed by atoms with Gasteiger partial charge in [0.05, 0.1) is 12.5 Å². The van der Waals surface area contributed by atoms with E-state index in [1.807, 2.05) is 12.1 Å². The Kier molecular flexibility index (Phi) is 7.57. The summed E-state index contributed by atoms with van der Waals surface area (Å²) in [6, 6.07) is 23.8. The van der Waals surface area contributed by atoms with Crippen LogP contribution < -0.4 is 5.32 Å². The highest BCUT2D eigenvalue weighted by Crippen LogP contribution is 2.26. The van der Waals surface area contributed by atoms with E-state index >= 15 is 0 Å². The van der Waals surface area contributed by atoms with Gasteiger partial charge >= 0.3 is 5.97 Å². The predicted octanol–water partition coefficient (Wildman–Crippen LogP) is 5.07. The molecule has 2 atom stereocenters. The molecule has 0 spiro atoms. The maximum Gasteiger partial charge on any atom is 0.309 e. The monoisotopic (exact) mass is 435 g/mol. The van der Waals surface area contributed by atoms with Crippen LogP contribution >= 0.6 is 11.6 Å². The van der Waals surface area contributed by atoms with E-state index in [4.69, 9.17) is 16.3 Å². The van der Waals surface area contributed by atoms with E-state index in [2.05, 4.69) is 5.32 Å². The molecule has 3 aromatic carbocycles. The number of benzene rings is 3. The van der Waals surface area contributed by atoms with Crippen molar-refractivity contribution in [3.05, 3.63) is 107 Å². The number of rotatable bonds is 8. The number of carbonyl (C=O) groups is 3. The third kappa shape index (κ3) is 6.27. The van der Waals surface area contributed by atoms with E-state index in [1.54, 1.807) is 72.8 Å². The van der Waals surface area contributed by atoms with Crippen LogP contribution in [-0.2, 0) is 14.3 Å². The van der Waals surface area contributed by atoms with Gasteiger partial charge < -0.3 is 10.1 Å². The number of amides is 1. The molecule has 1 amide bonds. The molecule has 31 heavy (non-hydrogen) atoms. The first-order chi connectivity index (χ1) is 14.9. The Morgan fingerprint density at radius 3 is 2.00 bits per heavy atom. The fourth-order valence-electron chi connectivity index (χ4n) is 3.19. The fourth-order valence-corrected chi connectivity index (χ4v) is 3.32. The number of ketones is 1. The van der Waals surface area contributed by atoms with Gasteiger partial charge in [0, 0.05) is 23.1 Å². The van der Waals surface area contributed by atoms with Crippen LogP contribution in [-0.4, -0.2) is 17.7 Å². The molecule has 0 bridgehead atoms. The summed E-state index contributed by atoms with van der Waals surface area (Å²) in [5.41, 5.74) is 1.73. The molecule has 3 rings (SSSR count). The second kappa shape index (κ2) is 10.5. The van der Waals surface area contributed by atoms with Gasteiger partial charge in [0.15, 0.2) is 6.10 Å². The third-order valence-electron chi connectivity index (χ3n) is 4.67. The van der Waals surface area contributed by atoms with Crippen LogP contribution in [0.2, 0.25) is 5.02 Å². The average Bonchev–Trinajstić information content (AvgIpc) is 2.78. The van der Waals surface area contributed by atoms with Crippen molar-refractivity contribution in [3.63, 3.8) is 0 Å². The lowest BCUT2D eigenvalue weighted by molar-refractivity contribution is -0.148. The highest BCUT2D eigenvalue weighted by atomic mass is 35.5. The molecular weight excluding hydrogens is 414 g/mol. The molecule has 3 aromatic rings. The largest absolute Gasteiger partial charge is 0.449 e. The minimum atomic E-state index is -1.08. The molecule has 0 saturated heterocycles. The number of Topliss-reactive ketones (excluding diaryl/α,β-unsaturated/α-hetero) is 1. The Bertz CT molecular complexity index is 1040. The second-order valence-electron chi connectivity index (χ2n) is 7.02. The van der Waals surface area contributed by atoms with Crippen LogP contribution in [0.25, 0.3) is 0 Å². The summed E-state index contributed by atoms with van der Waals surface area (Å²) in [4.78, 5) is 37.6. The summed E-state index contributed by atoms with van der Waals surface area (Å²) in [6.07, 6.45) is -1.22. The van der Waals surface area contributed by atoms with Crippen molar-refractivity contribution in [2.24, 2.45) is 0 Å². The zero-order chi connectivity index (χ0) is 22.2. The van der Waals surface area contributed by atoms with Gasteiger partial charge in [0.1, 0.15) is 0 Å². The molecule has 0 aliphatic carbocycles. The van der Waals surface area contributed by atoms with E-state index in [9.17, 15) is 14.4 Å². The van der Waals surface area contributed by atoms with Gasteiger partial charge in [0.25, 0.3) is 0 Å². The summed E-state index contributed by atoms with van der Waals surface area (Å²) < 4.78 is 5.64. The van der Waals surface area contributed by atoms with E-state index in [0.29, 0.717) is 21.7 Å². The Morgan fingerprint density at radius 1 is 0.839 bits per heavy atom. The summed E-state index contributed by atoms with van der Waals surface area (Å²) >= 11 is 5.94.